The summed E-state index contributed by atoms with van der Waals surface area (Å²) in [6.45, 7) is 8.60. The van der Waals surface area contributed by atoms with Gasteiger partial charge >= 0.3 is 0 Å². The molecule has 3 N–H and O–H groups in total. The molecule has 0 bridgehead atoms. The van der Waals surface area contributed by atoms with Crippen molar-refractivity contribution in [2.75, 3.05) is 25.0 Å². The second kappa shape index (κ2) is 8.68. The molecule has 1 saturated heterocycles. The number of nitrogens with one attached hydrogen (secondary N) is 3. The lowest BCUT2D eigenvalue weighted by Crippen LogP contribution is -2.45. The monoisotopic (exact) mass is 332 g/mol. The third kappa shape index (κ3) is 5.85. The molecule has 6 nitrogen and oxygen atoms in total. The Bertz CT molecular complexity index is 580. The van der Waals surface area contributed by atoms with E-state index in [-0.39, 0.29) is 11.5 Å². The molecule has 0 radical (unpaired) electrons. The van der Waals surface area contributed by atoms with E-state index in [9.17, 15) is 4.79 Å². The van der Waals surface area contributed by atoms with Gasteiger partial charge in [-0.3, -0.25) is 4.79 Å². The number of hydrogen-bond donors (Lipinski definition) is 3. The highest BCUT2D eigenvalue weighted by molar-refractivity contribution is 5.88. The van der Waals surface area contributed by atoms with Crippen molar-refractivity contribution >= 4 is 17.6 Å². The number of rotatable bonds is 6. The zero-order chi connectivity index (χ0) is 17.4. The zero-order valence-electron chi connectivity index (χ0n) is 14.8. The largest absolute Gasteiger partial charge is 0.373 e. The fourth-order valence-corrected chi connectivity index (χ4v) is 2.71. The molecule has 1 atom stereocenters. The first kappa shape index (κ1) is 18.3. The SMILES string of the molecule is CCNC(=NCc1cccc(NC(C)=O)c1)NCC1(C)CCCO1. The van der Waals surface area contributed by atoms with Crippen LogP contribution >= 0.6 is 0 Å². The Kier molecular flexibility index (Phi) is 6.61. The van der Waals surface area contributed by atoms with Gasteiger partial charge in [0.15, 0.2) is 5.96 Å². The molecule has 0 spiro atoms. The van der Waals surface area contributed by atoms with Crippen LogP contribution in [0.25, 0.3) is 0 Å². The lowest BCUT2D eigenvalue weighted by molar-refractivity contribution is -0.114. The summed E-state index contributed by atoms with van der Waals surface area (Å²) in [6, 6.07) is 7.73. The number of benzene rings is 1. The Hall–Kier alpha value is -2.08. The number of anilines is 1. The Morgan fingerprint density at radius 2 is 2.21 bits per heavy atom. The first-order valence-electron chi connectivity index (χ1n) is 8.53. The van der Waals surface area contributed by atoms with E-state index in [1.165, 1.54) is 6.92 Å². The molecule has 1 heterocycles. The van der Waals surface area contributed by atoms with Crippen molar-refractivity contribution in [3.8, 4) is 0 Å². The summed E-state index contributed by atoms with van der Waals surface area (Å²) in [4.78, 5) is 15.8. The molecule has 1 unspecified atom stereocenters. The molecule has 1 fully saturated rings. The lowest BCUT2D eigenvalue weighted by atomic mass is 10.0. The quantitative estimate of drug-likeness (QED) is 0.552. The molecule has 1 aliphatic heterocycles. The Balaban J connectivity index is 1.95. The van der Waals surface area contributed by atoms with Gasteiger partial charge in [0, 0.05) is 32.3 Å². The van der Waals surface area contributed by atoms with E-state index < -0.39 is 0 Å². The lowest BCUT2D eigenvalue weighted by Gasteiger charge is -2.24. The molecule has 0 aliphatic carbocycles. The third-order valence-electron chi connectivity index (χ3n) is 3.94. The zero-order valence-corrected chi connectivity index (χ0v) is 14.8. The molecule has 2 rings (SSSR count). The Morgan fingerprint density at radius 3 is 2.88 bits per heavy atom. The van der Waals surface area contributed by atoms with Crippen molar-refractivity contribution in [3.63, 3.8) is 0 Å². The number of carbonyl (C=O) groups is 1. The van der Waals surface area contributed by atoms with Crippen molar-refractivity contribution < 1.29 is 9.53 Å². The summed E-state index contributed by atoms with van der Waals surface area (Å²) in [7, 11) is 0. The minimum absolute atomic E-state index is 0.0736. The first-order valence-corrected chi connectivity index (χ1v) is 8.53. The van der Waals surface area contributed by atoms with E-state index in [0.717, 1.165) is 49.7 Å². The maximum absolute atomic E-state index is 11.1. The fourth-order valence-electron chi connectivity index (χ4n) is 2.71. The van der Waals surface area contributed by atoms with Crippen LogP contribution < -0.4 is 16.0 Å². The first-order chi connectivity index (χ1) is 11.5. The van der Waals surface area contributed by atoms with Crippen LogP contribution in [0.2, 0.25) is 0 Å². The summed E-state index contributed by atoms with van der Waals surface area (Å²) in [5.41, 5.74) is 1.73. The molecule has 1 aliphatic rings. The van der Waals surface area contributed by atoms with E-state index in [2.05, 4.69) is 27.9 Å². The number of aliphatic imine (C=N–C) groups is 1. The standard InChI is InChI=1S/C18H28N4O2/c1-4-19-17(21-13-18(3)9-6-10-24-18)20-12-15-7-5-8-16(11-15)22-14(2)23/h5,7-8,11H,4,6,9-10,12-13H2,1-3H3,(H,22,23)(H2,19,20,21). The molecule has 24 heavy (non-hydrogen) atoms. The predicted octanol–water partition coefficient (Wildman–Crippen LogP) is 2.27. The highest BCUT2D eigenvalue weighted by atomic mass is 16.5. The number of carbonyl (C=O) groups excluding carboxylic acids is 1. The molecule has 132 valence electrons. The molecule has 0 saturated carbocycles. The molecule has 6 heteroatoms. The second-order valence-electron chi connectivity index (χ2n) is 6.33. The van der Waals surface area contributed by atoms with Gasteiger partial charge in [-0.25, -0.2) is 4.99 Å². The van der Waals surface area contributed by atoms with E-state index in [0.29, 0.717) is 6.54 Å². The topological polar surface area (TPSA) is 74.8 Å². The van der Waals surface area contributed by atoms with Crippen LogP contribution in [0.5, 0.6) is 0 Å². The van der Waals surface area contributed by atoms with Crippen molar-refractivity contribution in [3.05, 3.63) is 29.8 Å². The highest BCUT2D eigenvalue weighted by Gasteiger charge is 2.29. The van der Waals surface area contributed by atoms with Gasteiger partial charge in [-0.05, 0) is 44.4 Å². The van der Waals surface area contributed by atoms with Gasteiger partial charge in [0.2, 0.25) is 5.91 Å². The van der Waals surface area contributed by atoms with Crippen LogP contribution in [0.4, 0.5) is 5.69 Å². The van der Waals surface area contributed by atoms with E-state index >= 15 is 0 Å². The van der Waals surface area contributed by atoms with Crippen molar-refractivity contribution in [1.82, 2.24) is 10.6 Å². The maximum atomic E-state index is 11.1. The van der Waals surface area contributed by atoms with Crippen LogP contribution in [-0.2, 0) is 16.1 Å². The summed E-state index contributed by atoms with van der Waals surface area (Å²) < 4.78 is 5.80. The van der Waals surface area contributed by atoms with Crippen LogP contribution in [0.1, 0.15) is 39.2 Å². The van der Waals surface area contributed by atoms with E-state index in [4.69, 9.17) is 4.74 Å². The van der Waals surface area contributed by atoms with Gasteiger partial charge in [-0.2, -0.15) is 0 Å². The van der Waals surface area contributed by atoms with Crippen LogP contribution in [0.3, 0.4) is 0 Å². The van der Waals surface area contributed by atoms with E-state index in [1.807, 2.05) is 31.2 Å². The number of hydrogen-bond acceptors (Lipinski definition) is 3. The van der Waals surface area contributed by atoms with Gasteiger partial charge in [-0.15, -0.1) is 0 Å². The third-order valence-corrected chi connectivity index (χ3v) is 3.94. The molecule has 1 amide bonds. The van der Waals surface area contributed by atoms with Crippen LogP contribution in [0, 0.1) is 0 Å². The van der Waals surface area contributed by atoms with Gasteiger partial charge in [0.05, 0.1) is 12.1 Å². The van der Waals surface area contributed by atoms with Gasteiger partial charge in [0.25, 0.3) is 0 Å². The summed E-state index contributed by atoms with van der Waals surface area (Å²) in [5, 5.41) is 9.41. The summed E-state index contributed by atoms with van der Waals surface area (Å²) >= 11 is 0. The van der Waals surface area contributed by atoms with Gasteiger partial charge < -0.3 is 20.7 Å². The van der Waals surface area contributed by atoms with Crippen LogP contribution in [0.15, 0.2) is 29.3 Å². The Morgan fingerprint density at radius 1 is 1.38 bits per heavy atom. The molecule has 1 aromatic rings. The van der Waals surface area contributed by atoms with Crippen molar-refractivity contribution in [1.29, 1.82) is 0 Å². The number of nitrogens with zero attached hydrogens (tertiary/aromatic N) is 1. The molecule has 1 aromatic carbocycles. The molecular weight excluding hydrogens is 304 g/mol. The average Bonchev–Trinajstić information content (AvgIpc) is 2.97. The second-order valence-corrected chi connectivity index (χ2v) is 6.33. The average molecular weight is 332 g/mol. The Labute approximate surface area is 144 Å². The number of guanidine groups is 1. The fraction of sp³-hybridized carbons (Fsp3) is 0.556. The van der Waals surface area contributed by atoms with Gasteiger partial charge in [-0.1, -0.05) is 12.1 Å². The summed E-state index contributed by atoms with van der Waals surface area (Å²) in [6.07, 6.45) is 2.18. The number of ether oxygens (including phenoxy) is 1. The van der Waals surface area contributed by atoms with Gasteiger partial charge in [0.1, 0.15) is 0 Å². The predicted molar refractivity (Wildman–Crippen MR) is 97.2 cm³/mol. The summed E-state index contributed by atoms with van der Waals surface area (Å²) in [5.74, 6) is 0.703. The van der Waals surface area contributed by atoms with Crippen LogP contribution in [-0.4, -0.2) is 37.2 Å². The molecular formula is C18H28N4O2. The molecule has 0 aromatic heterocycles. The minimum atomic E-state index is -0.110. The highest BCUT2D eigenvalue weighted by Crippen LogP contribution is 2.23. The smallest absolute Gasteiger partial charge is 0.221 e. The normalized spacial score (nSPS) is 20.7. The van der Waals surface area contributed by atoms with E-state index in [1.54, 1.807) is 0 Å². The number of amides is 1. The van der Waals surface area contributed by atoms with Crippen molar-refractivity contribution in [2.45, 2.75) is 45.8 Å². The maximum Gasteiger partial charge on any atom is 0.221 e. The van der Waals surface area contributed by atoms with Crippen molar-refractivity contribution in [2.24, 2.45) is 4.99 Å². The minimum Gasteiger partial charge on any atom is -0.373 e.